The lowest BCUT2D eigenvalue weighted by Gasteiger charge is -2.14. The van der Waals surface area contributed by atoms with E-state index in [0.29, 0.717) is 5.92 Å². The Hall–Kier alpha value is -0.990. The summed E-state index contributed by atoms with van der Waals surface area (Å²) in [6, 6.07) is 0. The van der Waals surface area contributed by atoms with Crippen molar-refractivity contribution in [2.75, 3.05) is 5.73 Å². The Balaban J connectivity index is 2.36. The molecule has 0 radical (unpaired) electrons. The molecule has 0 spiro atoms. The normalized spacial score (nSPS) is 15.7. The number of nitrogen functional groups attached to an aromatic ring is 1. The smallest absolute Gasteiger partial charge is 0.127 e. The van der Waals surface area contributed by atoms with Gasteiger partial charge in [-0.2, -0.15) is 0 Å². The summed E-state index contributed by atoms with van der Waals surface area (Å²) >= 11 is 0. The third-order valence-electron chi connectivity index (χ3n) is 3.52. The van der Waals surface area contributed by atoms with Crippen molar-refractivity contribution in [2.24, 2.45) is 0 Å². The second-order valence-electron chi connectivity index (χ2n) is 4.42. The molecule has 1 aromatic heterocycles. The molecule has 0 bridgehead atoms. The van der Waals surface area contributed by atoms with Crippen LogP contribution in [0.15, 0.2) is 0 Å². The van der Waals surface area contributed by atoms with Crippen molar-refractivity contribution in [3.05, 3.63) is 11.5 Å². The van der Waals surface area contributed by atoms with Crippen LogP contribution in [0.25, 0.3) is 0 Å². The van der Waals surface area contributed by atoms with Crippen LogP contribution in [0.1, 0.15) is 57.0 Å². The minimum Gasteiger partial charge on any atom is -0.384 e. The van der Waals surface area contributed by atoms with Gasteiger partial charge in [-0.3, -0.25) is 0 Å². The predicted octanol–water partition coefficient (Wildman–Crippen LogP) is 2.71. The molecule has 0 fully saturated rings. The first-order chi connectivity index (χ1) is 7.27. The number of nitrogens with two attached hydrogens (primary N) is 1. The minimum absolute atomic E-state index is 0.545. The molecule has 1 aromatic rings. The molecule has 2 rings (SSSR count). The summed E-state index contributed by atoms with van der Waals surface area (Å²) in [4.78, 5) is 4.73. The molecule has 84 valence electrons. The van der Waals surface area contributed by atoms with Crippen molar-refractivity contribution in [2.45, 2.75) is 58.4 Å². The summed E-state index contributed by atoms with van der Waals surface area (Å²) in [5, 5.41) is 0. The van der Waals surface area contributed by atoms with Crippen LogP contribution in [0, 0.1) is 0 Å². The van der Waals surface area contributed by atoms with E-state index in [9.17, 15) is 0 Å². The third kappa shape index (κ3) is 1.75. The lowest BCUT2D eigenvalue weighted by atomic mass is 9.99. The van der Waals surface area contributed by atoms with Gasteiger partial charge in [0.05, 0.1) is 5.69 Å². The summed E-state index contributed by atoms with van der Waals surface area (Å²) < 4.78 is 2.22. The van der Waals surface area contributed by atoms with Crippen molar-refractivity contribution in [1.82, 2.24) is 9.55 Å². The highest BCUT2D eigenvalue weighted by molar-refractivity contribution is 5.41. The Bertz CT molecular complexity index is 337. The zero-order valence-electron chi connectivity index (χ0n) is 9.79. The van der Waals surface area contributed by atoms with Gasteiger partial charge in [-0.25, -0.2) is 4.98 Å². The average molecular weight is 207 g/mol. The summed E-state index contributed by atoms with van der Waals surface area (Å²) in [5.74, 6) is 2.68. The molecular formula is C12H21N3. The van der Waals surface area contributed by atoms with Gasteiger partial charge in [0.25, 0.3) is 0 Å². The molecule has 0 unspecified atom stereocenters. The number of nitrogens with zero attached hydrogens (tertiary/aromatic N) is 2. The van der Waals surface area contributed by atoms with E-state index in [-0.39, 0.29) is 0 Å². The van der Waals surface area contributed by atoms with Gasteiger partial charge in [0.2, 0.25) is 0 Å². The average Bonchev–Trinajstić information content (AvgIpc) is 2.60. The number of hydrogen-bond donors (Lipinski definition) is 1. The maximum Gasteiger partial charge on any atom is 0.127 e. The standard InChI is InChI=1S/C12H21N3/c1-3-9(4-2)11-12(13)15-8-6-5-7-10(15)14-11/h9H,3-8,13H2,1-2H3. The van der Waals surface area contributed by atoms with Gasteiger partial charge in [-0.1, -0.05) is 13.8 Å². The Labute approximate surface area is 91.7 Å². The first kappa shape index (κ1) is 10.5. The van der Waals surface area contributed by atoms with Gasteiger partial charge in [0, 0.05) is 18.9 Å². The molecule has 0 aromatic carbocycles. The highest BCUT2D eigenvalue weighted by Gasteiger charge is 2.21. The number of fused-ring (bicyclic) bond motifs is 1. The molecular weight excluding hydrogens is 186 g/mol. The van der Waals surface area contributed by atoms with Gasteiger partial charge in [0.15, 0.2) is 0 Å². The fraction of sp³-hybridized carbons (Fsp3) is 0.750. The van der Waals surface area contributed by atoms with Gasteiger partial charge in [-0.15, -0.1) is 0 Å². The van der Waals surface area contributed by atoms with E-state index < -0.39 is 0 Å². The lowest BCUT2D eigenvalue weighted by Crippen LogP contribution is -2.12. The molecule has 0 amide bonds. The maximum absolute atomic E-state index is 6.18. The van der Waals surface area contributed by atoms with Crippen LogP contribution in [0.4, 0.5) is 5.82 Å². The summed E-state index contributed by atoms with van der Waals surface area (Å²) in [6.07, 6.45) is 5.88. The molecule has 3 nitrogen and oxygen atoms in total. The lowest BCUT2D eigenvalue weighted by molar-refractivity contribution is 0.527. The molecule has 1 aliphatic rings. The highest BCUT2D eigenvalue weighted by Crippen LogP contribution is 2.30. The number of hydrogen-bond acceptors (Lipinski definition) is 2. The van der Waals surface area contributed by atoms with E-state index in [4.69, 9.17) is 10.7 Å². The third-order valence-corrected chi connectivity index (χ3v) is 3.52. The first-order valence-electron chi connectivity index (χ1n) is 6.12. The Kier molecular flexibility index (Phi) is 2.98. The van der Waals surface area contributed by atoms with E-state index in [1.807, 2.05) is 0 Å². The Morgan fingerprint density at radius 3 is 2.67 bits per heavy atom. The SMILES string of the molecule is CCC(CC)c1nc2n(c1N)CCCC2. The van der Waals surface area contributed by atoms with Gasteiger partial charge in [-0.05, 0) is 25.7 Å². The number of imidazole rings is 1. The fourth-order valence-electron chi connectivity index (χ4n) is 2.50. The Morgan fingerprint density at radius 1 is 1.33 bits per heavy atom. The molecule has 2 heterocycles. The second kappa shape index (κ2) is 4.25. The quantitative estimate of drug-likeness (QED) is 0.828. The van der Waals surface area contributed by atoms with Crippen LogP contribution in [0.3, 0.4) is 0 Å². The minimum atomic E-state index is 0.545. The molecule has 15 heavy (non-hydrogen) atoms. The molecule has 3 heteroatoms. The maximum atomic E-state index is 6.18. The highest BCUT2D eigenvalue weighted by atomic mass is 15.1. The predicted molar refractivity (Wildman–Crippen MR) is 62.9 cm³/mol. The van der Waals surface area contributed by atoms with Crippen molar-refractivity contribution >= 4 is 5.82 Å². The summed E-state index contributed by atoms with van der Waals surface area (Å²) in [5.41, 5.74) is 7.33. The van der Waals surface area contributed by atoms with E-state index in [2.05, 4.69) is 18.4 Å². The molecule has 0 atom stereocenters. The number of rotatable bonds is 3. The molecule has 1 aliphatic heterocycles. The monoisotopic (exact) mass is 207 g/mol. The first-order valence-corrected chi connectivity index (χ1v) is 6.12. The zero-order valence-corrected chi connectivity index (χ0v) is 9.79. The van der Waals surface area contributed by atoms with E-state index in [1.54, 1.807) is 0 Å². The molecule has 2 N–H and O–H groups in total. The van der Waals surface area contributed by atoms with Gasteiger partial charge >= 0.3 is 0 Å². The van der Waals surface area contributed by atoms with E-state index in [0.717, 1.165) is 37.3 Å². The second-order valence-corrected chi connectivity index (χ2v) is 4.42. The number of aryl methyl sites for hydroxylation is 1. The van der Waals surface area contributed by atoms with Crippen LogP contribution in [-0.4, -0.2) is 9.55 Å². The van der Waals surface area contributed by atoms with Crippen LogP contribution in [0.5, 0.6) is 0 Å². The molecule has 0 saturated carbocycles. The van der Waals surface area contributed by atoms with Crippen molar-refractivity contribution in [1.29, 1.82) is 0 Å². The fourth-order valence-corrected chi connectivity index (χ4v) is 2.50. The molecule has 0 saturated heterocycles. The Morgan fingerprint density at radius 2 is 2.07 bits per heavy atom. The van der Waals surface area contributed by atoms with Crippen molar-refractivity contribution in [3.8, 4) is 0 Å². The van der Waals surface area contributed by atoms with Crippen LogP contribution >= 0.6 is 0 Å². The van der Waals surface area contributed by atoms with Gasteiger partial charge in [0.1, 0.15) is 11.6 Å². The van der Waals surface area contributed by atoms with E-state index in [1.165, 1.54) is 18.7 Å². The van der Waals surface area contributed by atoms with Crippen molar-refractivity contribution in [3.63, 3.8) is 0 Å². The van der Waals surface area contributed by atoms with Crippen LogP contribution in [0.2, 0.25) is 0 Å². The van der Waals surface area contributed by atoms with Gasteiger partial charge < -0.3 is 10.3 Å². The molecule has 0 aliphatic carbocycles. The summed E-state index contributed by atoms with van der Waals surface area (Å²) in [6.45, 7) is 5.49. The van der Waals surface area contributed by atoms with Crippen LogP contribution in [-0.2, 0) is 13.0 Å². The zero-order chi connectivity index (χ0) is 10.8. The van der Waals surface area contributed by atoms with Crippen molar-refractivity contribution < 1.29 is 0 Å². The largest absolute Gasteiger partial charge is 0.384 e. The number of anilines is 1. The van der Waals surface area contributed by atoms with Crippen LogP contribution < -0.4 is 5.73 Å². The number of aromatic nitrogens is 2. The topological polar surface area (TPSA) is 43.8 Å². The van der Waals surface area contributed by atoms with E-state index >= 15 is 0 Å². The summed E-state index contributed by atoms with van der Waals surface area (Å²) in [7, 11) is 0.